The zero-order chi connectivity index (χ0) is 15.0. The fraction of sp³-hybridized carbons (Fsp3) is 0.611. The molecule has 2 aliphatic rings. The summed E-state index contributed by atoms with van der Waals surface area (Å²) in [5, 5.41) is 12.8. The molecule has 1 aromatic carbocycles. The third-order valence-corrected chi connectivity index (χ3v) is 5.47. The van der Waals surface area contributed by atoms with Crippen LogP contribution in [0.1, 0.15) is 49.7 Å². The van der Waals surface area contributed by atoms with Crippen LogP contribution in [0.15, 0.2) is 24.3 Å². The van der Waals surface area contributed by atoms with Crippen LogP contribution < -0.4 is 5.32 Å². The molecule has 0 aliphatic heterocycles. The third-order valence-electron chi connectivity index (χ3n) is 5.47. The zero-order valence-corrected chi connectivity index (χ0v) is 12.9. The number of hydrogen-bond donors (Lipinski definition) is 2. The Bertz CT molecular complexity index is 542. The highest BCUT2D eigenvalue weighted by Crippen LogP contribution is 2.49. The molecule has 21 heavy (non-hydrogen) atoms. The smallest absolute Gasteiger partial charge is 0.223 e. The Balaban J connectivity index is 1.62. The summed E-state index contributed by atoms with van der Waals surface area (Å²) in [6, 6.07) is 8.48. The van der Waals surface area contributed by atoms with Crippen LogP contribution in [0.3, 0.4) is 0 Å². The van der Waals surface area contributed by atoms with Crippen molar-refractivity contribution >= 4 is 5.91 Å². The van der Waals surface area contributed by atoms with E-state index in [2.05, 4.69) is 37.4 Å². The number of hydrogen-bond acceptors (Lipinski definition) is 2. The van der Waals surface area contributed by atoms with Gasteiger partial charge in [-0.1, -0.05) is 37.6 Å². The molecular formula is C18H25NO2. The van der Waals surface area contributed by atoms with Crippen LogP contribution >= 0.6 is 0 Å². The maximum absolute atomic E-state index is 12.5. The SMILES string of the molecule is Cc1ccccc1C1CC1C(=O)NC1CCCC1(C)CO. The summed E-state index contributed by atoms with van der Waals surface area (Å²) >= 11 is 0. The molecule has 1 amide bonds. The van der Waals surface area contributed by atoms with Gasteiger partial charge in [-0.25, -0.2) is 0 Å². The molecule has 0 saturated heterocycles. The second-order valence-corrected chi connectivity index (χ2v) is 7.07. The number of nitrogens with one attached hydrogen (secondary N) is 1. The lowest BCUT2D eigenvalue weighted by molar-refractivity contribution is -0.124. The predicted molar refractivity (Wildman–Crippen MR) is 83.0 cm³/mol. The maximum atomic E-state index is 12.5. The van der Waals surface area contributed by atoms with E-state index in [0.717, 1.165) is 25.7 Å². The first-order chi connectivity index (χ1) is 10.0. The van der Waals surface area contributed by atoms with Gasteiger partial charge in [0.05, 0.1) is 6.61 Å². The molecular weight excluding hydrogens is 262 g/mol. The average molecular weight is 287 g/mol. The summed E-state index contributed by atoms with van der Waals surface area (Å²) in [5.74, 6) is 0.678. The summed E-state index contributed by atoms with van der Waals surface area (Å²) in [7, 11) is 0. The van der Waals surface area contributed by atoms with Crippen LogP contribution in [-0.2, 0) is 4.79 Å². The van der Waals surface area contributed by atoms with Gasteiger partial charge in [-0.05, 0) is 43.2 Å². The topological polar surface area (TPSA) is 49.3 Å². The van der Waals surface area contributed by atoms with Crippen LogP contribution in [0, 0.1) is 18.3 Å². The molecule has 0 radical (unpaired) electrons. The standard InChI is InChI=1S/C18H25NO2/c1-12-6-3-4-7-13(12)14-10-15(14)17(21)19-16-8-5-9-18(16,2)11-20/h3-4,6-7,14-16,20H,5,8-11H2,1-2H3,(H,19,21). The first-order valence-electron chi connectivity index (χ1n) is 8.02. The predicted octanol–water partition coefficient (Wildman–Crippen LogP) is 2.77. The lowest BCUT2D eigenvalue weighted by atomic mass is 9.85. The van der Waals surface area contributed by atoms with Crippen molar-refractivity contribution in [2.45, 2.75) is 51.5 Å². The minimum atomic E-state index is -0.136. The molecule has 0 aromatic heterocycles. The molecule has 2 aliphatic carbocycles. The lowest BCUT2D eigenvalue weighted by Gasteiger charge is -2.30. The van der Waals surface area contributed by atoms with Gasteiger partial charge in [-0.2, -0.15) is 0 Å². The average Bonchev–Trinajstić information content (AvgIpc) is 3.19. The molecule has 2 fully saturated rings. The minimum Gasteiger partial charge on any atom is -0.396 e. The molecule has 4 unspecified atom stereocenters. The molecule has 0 bridgehead atoms. The summed E-state index contributed by atoms with van der Waals surface area (Å²) in [6.07, 6.45) is 4.04. The van der Waals surface area contributed by atoms with E-state index in [9.17, 15) is 9.90 Å². The van der Waals surface area contributed by atoms with Gasteiger partial charge in [0.1, 0.15) is 0 Å². The van der Waals surface area contributed by atoms with Crippen LogP contribution in [0.2, 0.25) is 0 Å². The van der Waals surface area contributed by atoms with E-state index < -0.39 is 0 Å². The molecule has 3 heteroatoms. The fourth-order valence-electron chi connectivity index (χ4n) is 3.78. The normalized spacial score (nSPS) is 34.7. The van der Waals surface area contributed by atoms with Crippen molar-refractivity contribution in [2.75, 3.05) is 6.61 Å². The van der Waals surface area contributed by atoms with Crippen molar-refractivity contribution in [2.24, 2.45) is 11.3 Å². The Kier molecular flexibility index (Phi) is 3.78. The molecule has 114 valence electrons. The summed E-state index contributed by atoms with van der Waals surface area (Å²) in [6.45, 7) is 4.35. The van der Waals surface area contributed by atoms with Gasteiger partial charge >= 0.3 is 0 Å². The van der Waals surface area contributed by atoms with E-state index in [1.165, 1.54) is 11.1 Å². The second-order valence-electron chi connectivity index (χ2n) is 7.07. The highest BCUT2D eigenvalue weighted by molar-refractivity contribution is 5.83. The van der Waals surface area contributed by atoms with Crippen molar-refractivity contribution in [3.8, 4) is 0 Å². The molecule has 3 rings (SSSR count). The van der Waals surface area contributed by atoms with Crippen molar-refractivity contribution in [1.29, 1.82) is 0 Å². The van der Waals surface area contributed by atoms with E-state index in [1.807, 2.05) is 6.07 Å². The number of aliphatic hydroxyl groups excluding tert-OH is 1. The van der Waals surface area contributed by atoms with Crippen LogP contribution in [0.25, 0.3) is 0 Å². The van der Waals surface area contributed by atoms with Gasteiger partial charge in [-0.3, -0.25) is 4.79 Å². The Morgan fingerprint density at radius 1 is 1.43 bits per heavy atom. The third kappa shape index (κ3) is 2.71. The number of aliphatic hydroxyl groups is 1. The van der Waals surface area contributed by atoms with Crippen molar-refractivity contribution < 1.29 is 9.90 Å². The van der Waals surface area contributed by atoms with Gasteiger partial charge in [-0.15, -0.1) is 0 Å². The first kappa shape index (κ1) is 14.6. The van der Waals surface area contributed by atoms with Crippen LogP contribution in [0.5, 0.6) is 0 Å². The Morgan fingerprint density at radius 3 is 2.90 bits per heavy atom. The van der Waals surface area contributed by atoms with Crippen molar-refractivity contribution in [1.82, 2.24) is 5.32 Å². The second kappa shape index (κ2) is 5.45. The van der Waals surface area contributed by atoms with Gasteiger partial charge in [0, 0.05) is 17.4 Å². The largest absolute Gasteiger partial charge is 0.396 e. The van der Waals surface area contributed by atoms with Crippen molar-refractivity contribution in [3.63, 3.8) is 0 Å². The molecule has 0 heterocycles. The Labute approximate surface area is 126 Å². The molecule has 2 saturated carbocycles. The van der Waals surface area contributed by atoms with E-state index in [-0.39, 0.29) is 29.9 Å². The monoisotopic (exact) mass is 287 g/mol. The zero-order valence-electron chi connectivity index (χ0n) is 12.9. The van der Waals surface area contributed by atoms with Gasteiger partial charge in [0.2, 0.25) is 5.91 Å². The van der Waals surface area contributed by atoms with E-state index in [0.29, 0.717) is 5.92 Å². The number of benzene rings is 1. The minimum absolute atomic E-state index is 0.120. The number of carbonyl (C=O) groups excluding carboxylic acids is 1. The van der Waals surface area contributed by atoms with Crippen molar-refractivity contribution in [3.05, 3.63) is 35.4 Å². The number of amides is 1. The number of rotatable bonds is 4. The van der Waals surface area contributed by atoms with Crippen LogP contribution in [-0.4, -0.2) is 23.7 Å². The Hall–Kier alpha value is -1.35. The summed E-state index contributed by atoms with van der Waals surface area (Å²) in [4.78, 5) is 12.5. The number of carbonyl (C=O) groups is 1. The van der Waals surface area contributed by atoms with Crippen LogP contribution in [0.4, 0.5) is 0 Å². The molecule has 3 nitrogen and oxygen atoms in total. The van der Waals surface area contributed by atoms with Gasteiger partial charge in [0.15, 0.2) is 0 Å². The quantitative estimate of drug-likeness (QED) is 0.894. The first-order valence-corrected chi connectivity index (χ1v) is 8.02. The van der Waals surface area contributed by atoms with E-state index >= 15 is 0 Å². The highest BCUT2D eigenvalue weighted by atomic mass is 16.3. The summed E-state index contributed by atoms with van der Waals surface area (Å²) in [5.41, 5.74) is 2.45. The molecule has 0 spiro atoms. The maximum Gasteiger partial charge on any atom is 0.223 e. The molecule has 2 N–H and O–H groups in total. The van der Waals surface area contributed by atoms with Gasteiger partial charge in [0.25, 0.3) is 0 Å². The highest BCUT2D eigenvalue weighted by Gasteiger charge is 2.47. The molecule has 1 aromatic rings. The number of aryl methyl sites for hydroxylation is 1. The summed E-state index contributed by atoms with van der Waals surface area (Å²) < 4.78 is 0. The Morgan fingerprint density at radius 2 is 2.19 bits per heavy atom. The molecule has 4 atom stereocenters. The lowest BCUT2D eigenvalue weighted by Crippen LogP contribution is -2.45. The fourth-order valence-corrected chi connectivity index (χ4v) is 3.78. The van der Waals surface area contributed by atoms with E-state index in [1.54, 1.807) is 0 Å². The van der Waals surface area contributed by atoms with E-state index in [4.69, 9.17) is 0 Å². The van der Waals surface area contributed by atoms with Gasteiger partial charge < -0.3 is 10.4 Å².